The van der Waals surface area contributed by atoms with E-state index in [4.69, 9.17) is 4.74 Å². The van der Waals surface area contributed by atoms with Crippen LogP contribution in [0.5, 0.6) is 5.75 Å². The number of carbonyl (C=O) groups is 1. The van der Waals surface area contributed by atoms with Gasteiger partial charge in [-0.05, 0) is 65.3 Å². The van der Waals surface area contributed by atoms with Crippen LogP contribution in [-0.2, 0) is 17.6 Å². The maximum atomic E-state index is 12.2. The van der Waals surface area contributed by atoms with E-state index in [0.29, 0.717) is 6.54 Å². The number of benzene rings is 3. The molecule has 1 saturated carbocycles. The molecule has 1 fully saturated rings. The summed E-state index contributed by atoms with van der Waals surface area (Å²) in [6, 6.07) is 21.3. The number of hydrogen-bond acceptors (Lipinski definition) is 2. The lowest BCUT2D eigenvalue weighted by Crippen LogP contribution is -2.35. The van der Waals surface area contributed by atoms with E-state index in [1.165, 1.54) is 33.9 Å². The Hall–Kier alpha value is -2.81. The molecule has 0 aromatic heterocycles. The van der Waals surface area contributed by atoms with Crippen molar-refractivity contribution in [2.45, 2.75) is 32.1 Å². The molecule has 0 bridgehead atoms. The van der Waals surface area contributed by atoms with Gasteiger partial charge in [-0.15, -0.1) is 0 Å². The second-order valence-corrected chi connectivity index (χ2v) is 7.67. The molecule has 0 heterocycles. The molecule has 3 nitrogen and oxygen atoms in total. The molecule has 28 heavy (non-hydrogen) atoms. The highest BCUT2D eigenvalue weighted by Gasteiger charge is 2.24. The predicted octanol–water partition coefficient (Wildman–Crippen LogP) is 4.90. The van der Waals surface area contributed by atoms with Crippen molar-refractivity contribution in [3.8, 4) is 5.75 Å². The first-order valence-corrected chi connectivity index (χ1v) is 10.1. The van der Waals surface area contributed by atoms with E-state index in [1.807, 2.05) is 12.1 Å². The minimum absolute atomic E-state index is 0.216. The number of ether oxygens (including phenoxy) is 1. The SMILES string of the molecule is COc1ccc2cc(Cc3ccccc3)cc(CCNC(=O)C3CCC3)c2c1. The van der Waals surface area contributed by atoms with Gasteiger partial charge in [0.15, 0.2) is 0 Å². The third-order valence-electron chi connectivity index (χ3n) is 5.73. The summed E-state index contributed by atoms with van der Waals surface area (Å²) in [6.07, 6.45) is 5.00. The molecular formula is C25H27NO2. The van der Waals surface area contributed by atoms with Crippen molar-refractivity contribution in [1.82, 2.24) is 5.32 Å². The second-order valence-electron chi connectivity index (χ2n) is 7.67. The molecule has 0 unspecified atom stereocenters. The number of hydrogen-bond donors (Lipinski definition) is 1. The molecule has 0 aliphatic heterocycles. The predicted molar refractivity (Wildman–Crippen MR) is 114 cm³/mol. The van der Waals surface area contributed by atoms with Crippen LogP contribution in [-0.4, -0.2) is 19.6 Å². The Morgan fingerprint density at radius 2 is 1.86 bits per heavy atom. The Morgan fingerprint density at radius 3 is 2.57 bits per heavy atom. The van der Waals surface area contributed by atoms with Crippen molar-refractivity contribution in [3.05, 3.63) is 77.4 Å². The van der Waals surface area contributed by atoms with Gasteiger partial charge in [0.05, 0.1) is 7.11 Å². The summed E-state index contributed by atoms with van der Waals surface area (Å²) in [5, 5.41) is 5.55. The third kappa shape index (κ3) is 4.19. The number of carbonyl (C=O) groups excluding carboxylic acids is 1. The molecule has 0 saturated heterocycles. The topological polar surface area (TPSA) is 38.3 Å². The van der Waals surface area contributed by atoms with Crippen LogP contribution in [0.3, 0.4) is 0 Å². The van der Waals surface area contributed by atoms with Crippen LogP contribution >= 0.6 is 0 Å². The van der Waals surface area contributed by atoms with Crippen LogP contribution in [0.2, 0.25) is 0 Å². The smallest absolute Gasteiger partial charge is 0.223 e. The first-order valence-electron chi connectivity index (χ1n) is 10.1. The highest BCUT2D eigenvalue weighted by Crippen LogP contribution is 2.28. The summed E-state index contributed by atoms with van der Waals surface area (Å²) in [5.74, 6) is 1.32. The second kappa shape index (κ2) is 8.47. The van der Waals surface area contributed by atoms with Gasteiger partial charge in [0.25, 0.3) is 0 Å². The molecule has 1 aliphatic carbocycles. The van der Waals surface area contributed by atoms with Gasteiger partial charge in [0.2, 0.25) is 5.91 Å². The average molecular weight is 373 g/mol. The lowest BCUT2D eigenvalue weighted by atomic mass is 9.85. The minimum Gasteiger partial charge on any atom is -0.497 e. The van der Waals surface area contributed by atoms with Crippen LogP contribution in [0.4, 0.5) is 0 Å². The highest BCUT2D eigenvalue weighted by atomic mass is 16.5. The first kappa shape index (κ1) is 18.5. The van der Waals surface area contributed by atoms with Gasteiger partial charge >= 0.3 is 0 Å². The van der Waals surface area contributed by atoms with E-state index in [1.54, 1.807) is 7.11 Å². The van der Waals surface area contributed by atoms with Gasteiger partial charge in [-0.25, -0.2) is 0 Å². The molecule has 1 aliphatic rings. The Balaban J connectivity index is 1.58. The van der Waals surface area contributed by atoms with Gasteiger partial charge in [-0.1, -0.05) is 55.0 Å². The summed E-state index contributed by atoms with van der Waals surface area (Å²) < 4.78 is 5.43. The van der Waals surface area contributed by atoms with Crippen LogP contribution in [0, 0.1) is 5.92 Å². The van der Waals surface area contributed by atoms with Gasteiger partial charge in [-0.3, -0.25) is 4.79 Å². The number of methoxy groups -OCH3 is 1. The molecule has 3 heteroatoms. The van der Waals surface area contributed by atoms with E-state index in [2.05, 4.69) is 53.8 Å². The van der Waals surface area contributed by atoms with E-state index in [9.17, 15) is 4.79 Å². The Morgan fingerprint density at radius 1 is 1.04 bits per heavy atom. The zero-order chi connectivity index (χ0) is 19.3. The quantitative estimate of drug-likeness (QED) is 0.640. The fourth-order valence-electron chi connectivity index (χ4n) is 3.88. The van der Waals surface area contributed by atoms with Crippen LogP contribution < -0.4 is 10.1 Å². The summed E-state index contributed by atoms with van der Waals surface area (Å²) in [7, 11) is 1.70. The molecule has 1 amide bonds. The van der Waals surface area contributed by atoms with Gasteiger partial charge < -0.3 is 10.1 Å². The van der Waals surface area contributed by atoms with Crippen molar-refractivity contribution < 1.29 is 9.53 Å². The maximum absolute atomic E-state index is 12.2. The molecule has 3 aromatic rings. The van der Waals surface area contributed by atoms with E-state index in [0.717, 1.165) is 31.4 Å². The summed E-state index contributed by atoms with van der Waals surface area (Å²) in [5.41, 5.74) is 3.86. The minimum atomic E-state index is 0.216. The normalized spacial score (nSPS) is 13.9. The van der Waals surface area contributed by atoms with E-state index >= 15 is 0 Å². The zero-order valence-corrected chi connectivity index (χ0v) is 16.4. The van der Waals surface area contributed by atoms with E-state index < -0.39 is 0 Å². The fourth-order valence-corrected chi connectivity index (χ4v) is 3.88. The molecule has 4 rings (SSSR count). The maximum Gasteiger partial charge on any atom is 0.223 e. The van der Waals surface area contributed by atoms with Gasteiger partial charge in [0.1, 0.15) is 5.75 Å². The molecule has 144 valence electrons. The van der Waals surface area contributed by atoms with Crippen molar-refractivity contribution in [2.75, 3.05) is 13.7 Å². The number of amides is 1. The molecule has 0 atom stereocenters. The van der Waals surface area contributed by atoms with Gasteiger partial charge in [0, 0.05) is 12.5 Å². The summed E-state index contributed by atoms with van der Waals surface area (Å²) in [4.78, 5) is 12.2. The average Bonchev–Trinajstić information content (AvgIpc) is 2.67. The number of rotatable bonds is 7. The van der Waals surface area contributed by atoms with Crippen LogP contribution in [0.1, 0.15) is 36.0 Å². The lowest BCUT2D eigenvalue weighted by molar-refractivity contribution is -0.127. The zero-order valence-electron chi connectivity index (χ0n) is 16.4. The Kier molecular flexibility index (Phi) is 5.61. The van der Waals surface area contributed by atoms with Crippen molar-refractivity contribution in [3.63, 3.8) is 0 Å². The Labute approximate surface area is 166 Å². The van der Waals surface area contributed by atoms with E-state index in [-0.39, 0.29) is 11.8 Å². The monoisotopic (exact) mass is 373 g/mol. The van der Waals surface area contributed by atoms with Crippen LogP contribution in [0.25, 0.3) is 10.8 Å². The molecular weight excluding hydrogens is 346 g/mol. The molecule has 3 aromatic carbocycles. The Bertz CT molecular complexity index is 961. The molecule has 0 spiro atoms. The summed E-state index contributed by atoms with van der Waals surface area (Å²) in [6.45, 7) is 0.677. The largest absolute Gasteiger partial charge is 0.497 e. The van der Waals surface area contributed by atoms with Crippen molar-refractivity contribution in [2.24, 2.45) is 5.92 Å². The standard InChI is InChI=1S/C25H27NO2/c1-28-23-11-10-21-15-19(14-18-6-3-2-4-7-18)16-22(24(21)17-23)12-13-26-25(27)20-8-5-9-20/h2-4,6-7,10-11,15-17,20H,5,8-9,12-14H2,1H3,(H,26,27). The number of nitrogens with one attached hydrogen (secondary N) is 1. The van der Waals surface area contributed by atoms with Crippen LogP contribution in [0.15, 0.2) is 60.7 Å². The summed E-state index contributed by atoms with van der Waals surface area (Å²) >= 11 is 0. The van der Waals surface area contributed by atoms with Crippen molar-refractivity contribution in [1.29, 1.82) is 0 Å². The first-order chi connectivity index (χ1) is 13.7. The fraction of sp³-hybridized carbons (Fsp3) is 0.320. The highest BCUT2D eigenvalue weighted by molar-refractivity contribution is 5.88. The third-order valence-corrected chi connectivity index (χ3v) is 5.73. The molecule has 1 N–H and O–H groups in total. The van der Waals surface area contributed by atoms with Crippen molar-refractivity contribution >= 4 is 16.7 Å². The number of fused-ring (bicyclic) bond motifs is 1. The van der Waals surface area contributed by atoms with Gasteiger partial charge in [-0.2, -0.15) is 0 Å². The molecule has 0 radical (unpaired) electrons. The lowest BCUT2D eigenvalue weighted by Gasteiger charge is -2.24.